The van der Waals surface area contributed by atoms with Gasteiger partial charge in [0.25, 0.3) is 5.56 Å². The van der Waals surface area contributed by atoms with Gasteiger partial charge in [-0.15, -0.1) is 0 Å². The predicted octanol–water partition coefficient (Wildman–Crippen LogP) is -3.83. The first kappa shape index (κ1) is 22.0. The molecule has 164 valence electrons. The van der Waals surface area contributed by atoms with Crippen molar-refractivity contribution in [3.8, 4) is 0 Å². The van der Waals surface area contributed by atoms with Gasteiger partial charge in [0.05, 0.1) is 31.4 Å². The minimum Gasteiger partial charge on any atom is -0.387 e. The molecule has 7 N–H and O–H groups in total. The molecule has 2 fully saturated rings. The van der Waals surface area contributed by atoms with Gasteiger partial charge in [-0.25, -0.2) is 4.79 Å². The van der Waals surface area contributed by atoms with E-state index in [9.17, 15) is 19.8 Å². The standard InChI is InChI=1S/C16H26N4O9/c1-25-15-10(18)13(7(17)4-27-15)28-6-26-5-8-11(22)12(23)14(29-8)20-3-2-9(21)19-16(20)24/h2-3,7-8,10-15,22-23H,4-6,17-18H2,1H3,(H,19,21,24)/t7-,8-,10-,11-,12-,13+,14-,15-/m1/s1. The maximum absolute atomic E-state index is 11.9. The van der Waals surface area contributed by atoms with Crippen LogP contribution in [0.3, 0.4) is 0 Å². The second-order valence-electron chi connectivity index (χ2n) is 6.86. The van der Waals surface area contributed by atoms with Gasteiger partial charge >= 0.3 is 5.69 Å². The summed E-state index contributed by atoms with van der Waals surface area (Å²) in [7, 11) is 1.46. The third-order valence-electron chi connectivity index (χ3n) is 4.89. The van der Waals surface area contributed by atoms with Gasteiger partial charge in [0.2, 0.25) is 0 Å². The van der Waals surface area contributed by atoms with Crippen LogP contribution in [0, 0.1) is 0 Å². The number of ether oxygens (including phenoxy) is 5. The Kier molecular flexibility index (Phi) is 7.15. The Morgan fingerprint density at radius 2 is 2.07 bits per heavy atom. The van der Waals surface area contributed by atoms with E-state index in [4.69, 9.17) is 35.2 Å². The van der Waals surface area contributed by atoms with Crippen molar-refractivity contribution >= 4 is 0 Å². The van der Waals surface area contributed by atoms with Crippen molar-refractivity contribution in [2.24, 2.45) is 11.5 Å². The molecule has 2 aliphatic rings. The van der Waals surface area contributed by atoms with Crippen LogP contribution in [-0.2, 0) is 23.7 Å². The van der Waals surface area contributed by atoms with E-state index < -0.39 is 60.3 Å². The van der Waals surface area contributed by atoms with E-state index in [1.807, 2.05) is 0 Å². The van der Waals surface area contributed by atoms with Crippen molar-refractivity contribution in [1.82, 2.24) is 9.55 Å². The third-order valence-corrected chi connectivity index (χ3v) is 4.89. The minimum atomic E-state index is -1.40. The highest BCUT2D eigenvalue weighted by atomic mass is 16.7. The highest BCUT2D eigenvalue weighted by Gasteiger charge is 2.44. The van der Waals surface area contributed by atoms with E-state index in [0.717, 1.165) is 10.6 Å². The molecule has 0 bridgehead atoms. The minimum absolute atomic E-state index is 0.131. The van der Waals surface area contributed by atoms with Crippen LogP contribution in [0.2, 0.25) is 0 Å². The lowest BCUT2D eigenvalue weighted by Crippen LogP contribution is -2.61. The Morgan fingerprint density at radius 1 is 1.31 bits per heavy atom. The van der Waals surface area contributed by atoms with Crippen LogP contribution < -0.4 is 22.7 Å². The molecule has 0 unspecified atom stereocenters. The fourth-order valence-corrected chi connectivity index (χ4v) is 3.33. The maximum Gasteiger partial charge on any atom is 0.330 e. The summed E-state index contributed by atoms with van der Waals surface area (Å²) in [6, 6.07) is 0.0282. The van der Waals surface area contributed by atoms with Gasteiger partial charge < -0.3 is 45.4 Å². The van der Waals surface area contributed by atoms with Crippen LogP contribution in [0.15, 0.2) is 21.9 Å². The quantitative estimate of drug-likeness (QED) is 0.215. The zero-order valence-corrected chi connectivity index (χ0v) is 15.7. The van der Waals surface area contributed by atoms with E-state index in [-0.39, 0.29) is 20.0 Å². The van der Waals surface area contributed by atoms with Gasteiger partial charge in [-0.2, -0.15) is 0 Å². The number of H-pyrrole nitrogens is 1. The van der Waals surface area contributed by atoms with Gasteiger partial charge in [-0.3, -0.25) is 14.3 Å². The molecule has 1 aromatic rings. The van der Waals surface area contributed by atoms with E-state index in [1.54, 1.807) is 0 Å². The molecule has 0 saturated carbocycles. The Morgan fingerprint density at radius 3 is 2.76 bits per heavy atom. The maximum atomic E-state index is 11.9. The summed E-state index contributed by atoms with van der Waals surface area (Å²) >= 11 is 0. The summed E-state index contributed by atoms with van der Waals surface area (Å²) in [5.41, 5.74) is 10.6. The predicted molar refractivity (Wildman–Crippen MR) is 95.6 cm³/mol. The molecular weight excluding hydrogens is 392 g/mol. The molecule has 1 aromatic heterocycles. The largest absolute Gasteiger partial charge is 0.387 e. The van der Waals surface area contributed by atoms with E-state index in [0.29, 0.717) is 0 Å². The summed E-state index contributed by atoms with van der Waals surface area (Å²) in [5.74, 6) is 0. The number of aliphatic hydroxyl groups is 2. The molecule has 13 heteroatoms. The fourth-order valence-electron chi connectivity index (χ4n) is 3.33. The Labute approximate surface area is 165 Å². The molecule has 0 aromatic carbocycles. The van der Waals surface area contributed by atoms with Crippen molar-refractivity contribution in [2.45, 2.75) is 49.0 Å². The SMILES string of the molecule is CO[C@@H]1OC[C@@H](N)[C@H](OCOC[C@H]2O[C@@H](n3ccc(=O)[nH]c3=O)[C@H](O)[C@@H]2O)[C@H]1N. The second-order valence-corrected chi connectivity index (χ2v) is 6.86. The molecule has 3 heterocycles. The van der Waals surface area contributed by atoms with Gasteiger partial charge in [0, 0.05) is 19.4 Å². The van der Waals surface area contributed by atoms with E-state index >= 15 is 0 Å². The Hall–Kier alpha value is -1.68. The molecule has 13 nitrogen and oxygen atoms in total. The number of nitrogens with zero attached hydrogens (tertiary/aromatic N) is 1. The fraction of sp³-hybridized carbons (Fsp3) is 0.750. The van der Waals surface area contributed by atoms with Gasteiger partial charge in [-0.05, 0) is 0 Å². The lowest BCUT2D eigenvalue weighted by Gasteiger charge is -2.38. The molecule has 2 saturated heterocycles. The summed E-state index contributed by atoms with van der Waals surface area (Å²) in [6.45, 7) is -0.119. The Bertz CT molecular complexity index is 786. The molecule has 2 aliphatic heterocycles. The molecule has 29 heavy (non-hydrogen) atoms. The number of methoxy groups -OCH3 is 1. The van der Waals surface area contributed by atoms with Crippen LogP contribution in [0.5, 0.6) is 0 Å². The molecule has 0 aliphatic carbocycles. The molecular formula is C16H26N4O9. The van der Waals surface area contributed by atoms with E-state index in [2.05, 4.69) is 4.98 Å². The number of rotatable bonds is 7. The van der Waals surface area contributed by atoms with E-state index in [1.165, 1.54) is 13.3 Å². The lowest BCUT2D eigenvalue weighted by atomic mass is 10.0. The average Bonchev–Trinajstić information content (AvgIpc) is 2.96. The molecule has 0 radical (unpaired) electrons. The van der Waals surface area contributed by atoms with Crippen LogP contribution in [0.25, 0.3) is 0 Å². The zero-order valence-electron chi connectivity index (χ0n) is 15.7. The zero-order chi connectivity index (χ0) is 21.1. The molecule has 8 atom stereocenters. The number of aliphatic hydroxyl groups excluding tert-OH is 2. The van der Waals surface area contributed by atoms with Crippen molar-refractivity contribution in [3.63, 3.8) is 0 Å². The summed E-state index contributed by atoms with van der Waals surface area (Å²) in [6.07, 6.45) is -4.86. The number of nitrogens with two attached hydrogens (primary N) is 2. The van der Waals surface area contributed by atoms with Gasteiger partial charge in [0.1, 0.15) is 25.1 Å². The molecule has 0 spiro atoms. The number of aromatic nitrogens is 2. The van der Waals surface area contributed by atoms with Crippen molar-refractivity contribution < 1.29 is 33.9 Å². The van der Waals surface area contributed by atoms with Crippen LogP contribution >= 0.6 is 0 Å². The highest BCUT2D eigenvalue weighted by Crippen LogP contribution is 2.28. The number of hydrogen-bond donors (Lipinski definition) is 5. The number of aromatic amines is 1. The van der Waals surface area contributed by atoms with Crippen molar-refractivity contribution in [3.05, 3.63) is 33.1 Å². The smallest absolute Gasteiger partial charge is 0.330 e. The Balaban J connectivity index is 1.52. The molecule has 0 amide bonds. The van der Waals surface area contributed by atoms with Gasteiger partial charge in [0.15, 0.2) is 12.5 Å². The first-order valence-electron chi connectivity index (χ1n) is 9.01. The number of nitrogens with one attached hydrogen (secondary N) is 1. The first-order valence-corrected chi connectivity index (χ1v) is 9.01. The summed E-state index contributed by atoms with van der Waals surface area (Å²) in [5, 5.41) is 20.4. The lowest BCUT2D eigenvalue weighted by molar-refractivity contribution is -0.216. The first-order chi connectivity index (χ1) is 13.8. The summed E-state index contributed by atoms with van der Waals surface area (Å²) < 4.78 is 27.9. The number of hydrogen-bond acceptors (Lipinski definition) is 11. The van der Waals surface area contributed by atoms with Crippen molar-refractivity contribution in [1.29, 1.82) is 0 Å². The van der Waals surface area contributed by atoms with Crippen LogP contribution in [-0.4, -0.2) is 89.7 Å². The summed E-state index contributed by atoms with van der Waals surface area (Å²) in [4.78, 5) is 25.1. The topological polar surface area (TPSA) is 194 Å². The third kappa shape index (κ3) is 4.74. The van der Waals surface area contributed by atoms with Crippen LogP contribution in [0.4, 0.5) is 0 Å². The van der Waals surface area contributed by atoms with Crippen LogP contribution in [0.1, 0.15) is 6.23 Å². The van der Waals surface area contributed by atoms with Gasteiger partial charge in [-0.1, -0.05) is 0 Å². The average molecular weight is 418 g/mol. The van der Waals surface area contributed by atoms with Crippen molar-refractivity contribution in [2.75, 3.05) is 27.1 Å². The monoisotopic (exact) mass is 418 g/mol. The highest BCUT2D eigenvalue weighted by molar-refractivity contribution is 4.93. The second kappa shape index (κ2) is 9.42. The normalized spacial score (nSPS) is 37.7. The molecule has 3 rings (SSSR count).